The van der Waals surface area contributed by atoms with Crippen molar-refractivity contribution >= 4 is 17.5 Å². The van der Waals surface area contributed by atoms with Gasteiger partial charge in [0.25, 0.3) is 5.91 Å². The Morgan fingerprint density at radius 3 is 2.76 bits per heavy atom. The molecule has 3 heterocycles. The Balaban J connectivity index is 1.33. The number of benzene rings is 1. The number of carbonyl (C=O) groups excluding carboxylic acids is 1. The summed E-state index contributed by atoms with van der Waals surface area (Å²) < 4.78 is 4.84. The average Bonchev–Trinajstić information content (AvgIpc) is 3.26. The van der Waals surface area contributed by atoms with Crippen LogP contribution in [0.5, 0.6) is 0 Å². The van der Waals surface area contributed by atoms with Crippen molar-refractivity contribution in [2.24, 2.45) is 0 Å². The van der Waals surface area contributed by atoms with Crippen molar-refractivity contribution in [3.63, 3.8) is 0 Å². The Bertz CT molecular complexity index is 1080. The van der Waals surface area contributed by atoms with Gasteiger partial charge in [0.2, 0.25) is 5.82 Å². The molecule has 4 rings (SSSR count). The highest BCUT2D eigenvalue weighted by molar-refractivity contribution is 6.30. The van der Waals surface area contributed by atoms with Crippen molar-refractivity contribution in [1.29, 1.82) is 0 Å². The summed E-state index contributed by atoms with van der Waals surface area (Å²) in [4.78, 5) is 28.9. The van der Waals surface area contributed by atoms with Crippen LogP contribution in [0.2, 0.25) is 5.02 Å². The minimum atomic E-state index is -0.350. The minimum Gasteiger partial charge on any atom is -0.349 e. The van der Waals surface area contributed by atoms with Crippen molar-refractivity contribution in [1.82, 2.24) is 34.4 Å². The molecule has 9 nitrogen and oxygen atoms in total. The van der Waals surface area contributed by atoms with Crippen LogP contribution in [0.25, 0.3) is 5.69 Å². The lowest BCUT2D eigenvalue weighted by Gasteiger charge is -2.09. The SMILES string of the molecule is Cc1nc(C(=O)NCCCn2nc3n(c2=O)CCCC3)nn1-c1ccc(Cl)cc1. The second kappa shape index (κ2) is 8.20. The van der Waals surface area contributed by atoms with E-state index in [-0.39, 0.29) is 17.4 Å². The Kier molecular flexibility index (Phi) is 5.48. The molecule has 0 spiro atoms. The van der Waals surface area contributed by atoms with Crippen molar-refractivity contribution in [3.8, 4) is 5.69 Å². The van der Waals surface area contributed by atoms with Gasteiger partial charge in [0.05, 0.1) is 5.69 Å². The van der Waals surface area contributed by atoms with Crippen LogP contribution in [0.1, 0.15) is 41.5 Å². The van der Waals surface area contributed by atoms with E-state index < -0.39 is 0 Å². The molecule has 10 heteroatoms. The zero-order valence-electron chi connectivity index (χ0n) is 16.1. The van der Waals surface area contributed by atoms with Gasteiger partial charge in [-0.3, -0.25) is 9.36 Å². The van der Waals surface area contributed by atoms with E-state index in [4.69, 9.17) is 11.6 Å². The van der Waals surface area contributed by atoms with Crippen molar-refractivity contribution < 1.29 is 4.79 Å². The number of rotatable bonds is 6. The molecular formula is C19H22ClN7O2. The number of nitrogens with one attached hydrogen (secondary N) is 1. The first kappa shape index (κ1) is 19.4. The van der Waals surface area contributed by atoms with Crippen molar-refractivity contribution in [3.05, 3.63) is 57.2 Å². The van der Waals surface area contributed by atoms with Crippen LogP contribution in [-0.2, 0) is 19.5 Å². The topological polar surface area (TPSA) is 99.6 Å². The number of nitrogens with zero attached hydrogens (tertiary/aromatic N) is 6. The standard InChI is InChI=1S/C19H22ClN7O2/c1-13-22-17(24-27(13)15-8-6-14(20)7-9-15)18(28)21-10-4-12-26-19(29)25-11-3-2-5-16(25)23-26/h6-9H,2-5,10-12H2,1H3,(H,21,28). The molecule has 0 aliphatic carbocycles. The summed E-state index contributed by atoms with van der Waals surface area (Å²) in [5, 5.41) is 12.1. The van der Waals surface area contributed by atoms with E-state index in [1.54, 1.807) is 28.3 Å². The van der Waals surface area contributed by atoms with Gasteiger partial charge < -0.3 is 5.32 Å². The molecule has 0 atom stereocenters. The van der Waals surface area contributed by atoms with Crippen LogP contribution in [0.15, 0.2) is 29.1 Å². The number of amides is 1. The molecule has 1 aliphatic heterocycles. The summed E-state index contributed by atoms with van der Waals surface area (Å²) in [7, 11) is 0. The zero-order chi connectivity index (χ0) is 20.4. The van der Waals surface area contributed by atoms with Crippen LogP contribution in [0.4, 0.5) is 0 Å². The fourth-order valence-corrected chi connectivity index (χ4v) is 3.54. The molecule has 1 aromatic carbocycles. The summed E-state index contributed by atoms with van der Waals surface area (Å²) in [6.07, 6.45) is 3.53. The fourth-order valence-electron chi connectivity index (χ4n) is 3.42. The van der Waals surface area contributed by atoms with Gasteiger partial charge in [-0.15, -0.1) is 5.10 Å². The Hall–Kier alpha value is -2.94. The lowest BCUT2D eigenvalue weighted by molar-refractivity contribution is 0.0942. The largest absolute Gasteiger partial charge is 0.349 e. The Morgan fingerprint density at radius 1 is 1.21 bits per heavy atom. The molecule has 0 fully saturated rings. The minimum absolute atomic E-state index is 0.0648. The normalized spacial score (nSPS) is 13.3. The molecule has 0 saturated carbocycles. The highest BCUT2D eigenvalue weighted by atomic mass is 35.5. The Labute approximate surface area is 172 Å². The maximum absolute atomic E-state index is 12.4. The van der Waals surface area contributed by atoms with Crippen LogP contribution >= 0.6 is 11.6 Å². The third-order valence-electron chi connectivity index (χ3n) is 4.91. The van der Waals surface area contributed by atoms with E-state index in [9.17, 15) is 9.59 Å². The number of halogens is 1. The monoisotopic (exact) mass is 415 g/mol. The molecule has 0 radical (unpaired) electrons. The first-order chi connectivity index (χ1) is 14.0. The summed E-state index contributed by atoms with van der Waals surface area (Å²) >= 11 is 5.91. The van der Waals surface area contributed by atoms with E-state index in [0.717, 1.165) is 37.3 Å². The van der Waals surface area contributed by atoms with Gasteiger partial charge in [-0.25, -0.2) is 19.1 Å². The molecule has 152 valence electrons. The van der Waals surface area contributed by atoms with Gasteiger partial charge in [-0.05, 0) is 50.5 Å². The zero-order valence-corrected chi connectivity index (χ0v) is 16.9. The van der Waals surface area contributed by atoms with Crippen molar-refractivity contribution in [2.75, 3.05) is 6.54 Å². The quantitative estimate of drug-likeness (QED) is 0.618. The van der Waals surface area contributed by atoms with Gasteiger partial charge in [0.1, 0.15) is 11.6 Å². The van der Waals surface area contributed by atoms with Gasteiger partial charge in [-0.2, -0.15) is 5.10 Å². The number of aromatic nitrogens is 6. The summed E-state index contributed by atoms with van der Waals surface area (Å²) in [5.74, 6) is 1.22. The number of fused-ring (bicyclic) bond motifs is 1. The van der Waals surface area contributed by atoms with Gasteiger partial charge in [-0.1, -0.05) is 11.6 Å². The van der Waals surface area contributed by atoms with E-state index in [1.807, 2.05) is 12.1 Å². The third kappa shape index (κ3) is 4.09. The van der Waals surface area contributed by atoms with Crippen molar-refractivity contribution in [2.45, 2.75) is 45.7 Å². The van der Waals surface area contributed by atoms with E-state index >= 15 is 0 Å². The van der Waals surface area contributed by atoms with Crippen LogP contribution in [-0.4, -0.2) is 41.6 Å². The predicted molar refractivity (Wildman–Crippen MR) is 107 cm³/mol. The van der Waals surface area contributed by atoms with Crippen LogP contribution < -0.4 is 11.0 Å². The average molecular weight is 416 g/mol. The first-order valence-electron chi connectivity index (χ1n) is 9.67. The molecule has 2 aromatic heterocycles. The second-order valence-corrected chi connectivity index (χ2v) is 7.45. The summed E-state index contributed by atoms with van der Waals surface area (Å²) in [5.41, 5.74) is 0.714. The summed E-state index contributed by atoms with van der Waals surface area (Å²) in [6, 6.07) is 7.14. The highest BCUT2D eigenvalue weighted by Crippen LogP contribution is 2.14. The van der Waals surface area contributed by atoms with E-state index in [1.165, 1.54) is 4.68 Å². The summed E-state index contributed by atoms with van der Waals surface area (Å²) in [6.45, 7) is 3.39. The van der Waals surface area contributed by atoms with Gasteiger partial charge in [0, 0.05) is 31.1 Å². The van der Waals surface area contributed by atoms with Crippen LogP contribution in [0, 0.1) is 6.92 Å². The lowest BCUT2D eigenvalue weighted by atomic mass is 10.2. The molecule has 3 aromatic rings. The predicted octanol–water partition coefficient (Wildman–Crippen LogP) is 1.74. The molecule has 29 heavy (non-hydrogen) atoms. The molecule has 0 bridgehead atoms. The number of hydrogen-bond donors (Lipinski definition) is 1. The highest BCUT2D eigenvalue weighted by Gasteiger charge is 2.17. The Morgan fingerprint density at radius 2 is 2.00 bits per heavy atom. The lowest BCUT2D eigenvalue weighted by Crippen LogP contribution is -2.29. The first-order valence-corrected chi connectivity index (χ1v) is 10.0. The number of carbonyl (C=O) groups is 1. The molecule has 1 aliphatic rings. The number of aryl methyl sites for hydroxylation is 3. The van der Waals surface area contributed by atoms with E-state index in [2.05, 4.69) is 20.5 Å². The smallest absolute Gasteiger partial charge is 0.345 e. The molecule has 1 N–H and O–H groups in total. The molecule has 1 amide bonds. The number of hydrogen-bond acceptors (Lipinski definition) is 5. The second-order valence-electron chi connectivity index (χ2n) is 7.01. The fraction of sp³-hybridized carbons (Fsp3) is 0.421. The van der Waals surface area contributed by atoms with Crippen LogP contribution in [0.3, 0.4) is 0 Å². The van der Waals surface area contributed by atoms with E-state index in [0.29, 0.717) is 30.4 Å². The van der Waals surface area contributed by atoms with Gasteiger partial charge >= 0.3 is 5.69 Å². The maximum Gasteiger partial charge on any atom is 0.345 e. The molecular weight excluding hydrogens is 394 g/mol. The maximum atomic E-state index is 12.4. The molecule has 0 saturated heterocycles. The molecule has 0 unspecified atom stereocenters. The third-order valence-corrected chi connectivity index (χ3v) is 5.16. The van der Waals surface area contributed by atoms with Gasteiger partial charge in [0.15, 0.2) is 0 Å².